The van der Waals surface area contributed by atoms with E-state index in [1.807, 2.05) is 11.3 Å². The van der Waals surface area contributed by atoms with E-state index in [1.165, 1.54) is 17.7 Å². The molecule has 1 aliphatic carbocycles. The number of halogens is 1. The largest absolute Gasteiger partial charge is 0.310 e. The van der Waals surface area contributed by atoms with E-state index in [-0.39, 0.29) is 0 Å². The van der Waals surface area contributed by atoms with Crippen molar-refractivity contribution in [3.05, 3.63) is 22.4 Å². The molecule has 3 heteroatoms. The van der Waals surface area contributed by atoms with Crippen molar-refractivity contribution < 1.29 is 0 Å². The van der Waals surface area contributed by atoms with Crippen LogP contribution in [0.4, 0.5) is 0 Å². The number of alkyl halides is 1. The fourth-order valence-electron chi connectivity index (χ4n) is 1.41. The summed E-state index contributed by atoms with van der Waals surface area (Å²) in [6, 6.07) is 4.29. The normalized spacial score (nSPS) is 18.8. The van der Waals surface area contributed by atoms with Crippen LogP contribution in [0.2, 0.25) is 0 Å². The van der Waals surface area contributed by atoms with Gasteiger partial charge in [0.1, 0.15) is 0 Å². The SMILES string of the molecule is ClCC1(NCCc2cccs2)CC1. The van der Waals surface area contributed by atoms with Crippen LogP contribution in [-0.4, -0.2) is 18.0 Å². The predicted octanol–water partition coefficient (Wildman–Crippen LogP) is 2.65. The van der Waals surface area contributed by atoms with Gasteiger partial charge in [-0.1, -0.05) is 6.07 Å². The summed E-state index contributed by atoms with van der Waals surface area (Å²) in [5.41, 5.74) is 0.304. The molecule has 0 aromatic carbocycles. The first kappa shape index (κ1) is 9.50. The second-order valence-corrected chi connectivity index (χ2v) is 4.97. The summed E-state index contributed by atoms with van der Waals surface area (Å²) in [5, 5.41) is 5.66. The number of hydrogen-bond acceptors (Lipinski definition) is 2. The number of hydrogen-bond donors (Lipinski definition) is 1. The topological polar surface area (TPSA) is 12.0 Å². The molecule has 0 spiro atoms. The molecule has 0 radical (unpaired) electrons. The quantitative estimate of drug-likeness (QED) is 0.745. The molecule has 13 heavy (non-hydrogen) atoms. The minimum absolute atomic E-state index is 0.304. The summed E-state index contributed by atoms with van der Waals surface area (Å²) in [7, 11) is 0. The molecule has 0 atom stereocenters. The lowest BCUT2D eigenvalue weighted by molar-refractivity contribution is 0.547. The smallest absolute Gasteiger partial charge is 0.0406 e. The van der Waals surface area contributed by atoms with Crippen LogP contribution in [0, 0.1) is 0 Å². The zero-order valence-corrected chi connectivity index (χ0v) is 9.13. The Morgan fingerprint density at radius 2 is 2.38 bits per heavy atom. The van der Waals surface area contributed by atoms with Crippen molar-refractivity contribution in [2.45, 2.75) is 24.8 Å². The van der Waals surface area contributed by atoms with Gasteiger partial charge in [0, 0.05) is 22.8 Å². The van der Waals surface area contributed by atoms with E-state index in [0.717, 1.165) is 18.8 Å². The van der Waals surface area contributed by atoms with Crippen molar-refractivity contribution in [1.29, 1.82) is 0 Å². The van der Waals surface area contributed by atoms with Crippen molar-refractivity contribution in [1.82, 2.24) is 5.32 Å². The van der Waals surface area contributed by atoms with Crippen molar-refractivity contribution in [2.24, 2.45) is 0 Å². The molecular weight excluding hydrogens is 202 g/mol. The first-order valence-electron chi connectivity index (χ1n) is 4.68. The molecule has 1 saturated carbocycles. The van der Waals surface area contributed by atoms with Crippen LogP contribution < -0.4 is 5.32 Å². The summed E-state index contributed by atoms with van der Waals surface area (Å²) in [6.45, 7) is 1.06. The average molecular weight is 216 g/mol. The van der Waals surface area contributed by atoms with Crippen LogP contribution in [-0.2, 0) is 6.42 Å². The van der Waals surface area contributed by atoms with E-state index in [9.17, 15) is 0 Å². The molecule has 1 nitrogen and oxygen atoms in total. The highest BCUT2D eigenvalue weighted by Crippen LogP contribution is 2.36. The molecule has 0 bridgehead atoms. The van der Waals surface area contributed by atoms with Gasteiger partial charge in [0.2, 0.25) is 0 Å². The zero-order valence-electron chi connectivity index (χ0n) is 7.55. The maximum atomic E-state index is 5.86. The fourth-order valence-corrected chi connectivity index (χ4v) is 2.48. The monoisotopic (exact) mass is 215 g/mol. The maximum Gasteiger partial charge on any atom is 0.0406 e. The molecule has 0 unspecified atom stereocenters. The van der Waals surface area contributed by atoms with E-state index in [2.05, 4.69) is 22.8 Å². The molecule has 1 heterocycles. The third kappa shape index (κ3) is 2.46. The lowest BCUT2D eigenvalue weighted by Gasteiger charge is -2.12. The first-order chi connectivity index (χ1) is 6.35. The third-order valence-corrected chi connectivity index (χ3v) is 4.01. The second kappa shape index (κ2) is 3.99. The highest BCUT2D eigenvalue weighted by atomic mass is 35.5. The van der Waals surface area contributed by atoms with E-state index < -0.39 is 0 Å². The van der Waals surface area contributed by atoms with Gasteiger partial charge < -0.3 is 5.32 Å². The second-order valence-electron chi connectivity index (χ2n) is 3.67. The highest BCUT2D eigenvalue weighted by molar-refractivity contribution is 7.09. The van der Waals surface area contributed by atoms with Gasteiger partial charge in [-0.05, 0) is 30.7 Å². The van der Waals surface area contributed by atoms with Gasteiger partial charge in [-0.2, -0.15) is 0 Å². The molecular formula is C10H14ClNS. The minimum atomic E-state index is 0.304. The van der Waals surface area contributed by atoms with Crippen molar-refractivity contribution in [2.75, 3.05) is 12.4 Å². The molecule has 2 rings (SSSR count). The maximum absolute atomic E-state index is 5.86. The van der Waals surface area contributed by atoms with E-state index in [4.69, 9.17) is 11.6 Å². The molecule has 0 aliphatic heterocycles. The standard InChI is InChI=1S/C10H14ClNS/c11-8-10(4-5-10)12-6-3-9-2-1-7-13-9/h1-2,7,12H,3-6,8H2. The number of thiophene rings is 1. The Morgan fingerprint density at radius 3 is 2.92 bits per heavy atom. The van der Waals surface area contributed by atoms with Crippen molar-refractivity contribution in [3.63, 3.8) is 0 Å². The Kier molecular flexibility index (Phi) is 2.92. The van der Waals surface area contributed by atoms with Gasteiger partial charge in [0.05, 0.1) is 0 Å². The number of rotatable bonds is 5. The lowest BCUT2D eigenvalue weighted by Crippen LogP contribution is -2.34. The summed E-state index contributed by atoms with van der Waals surface area (Å²) >= 11 is 7.68. The van der Waals surface area contributed by atoms with Gasteiger partial charge >= 0.3 is 0 Å². The van der Waals surface area contributed by atoms with Gasteiger partial charge in [-0.25, -0.2) is 0 Å². The molecule has 1 N–H and O–H groups in total. The zero-order chi connectivity index (χ0) is 9.15. The molecule has 1 fully saturated rings. The Bertz CT molecular complexity index is 254. The van der Waals surface area contributed by atoms with Crippen molar-refractivity contribution >= 4 is 22.9 Å². The molecule has 0 saturated heterocycles. The van der Waals surface area contributed by atoms with E-state index >= 15 is 0 Å². The fraction of sp³-hybridized carbons (Fsp3) is 0.600. The summed E-state index contributed by atoms with van der Waals surface area (Å²) in [6.07, 6.45) is 3.64. The van der Waals surface area contributed by atoms with Gasteiger partial charge in [-0.3, -0.25) is 0 Å². The summed E-state index contributed by atoms with van der Waals surface area (Å²) < 4.78 is 0. The van der Waals surface area contributed by atoms with Crippen LogP contribution in [0.1, 0.15) is 17.7 Å². The van der Waals surface area contributed by atoms with Gasteiger partial charge in [-0.15, -0.1) is 22.9 Å². The van der Waals surface area contributed by atoms with Crippen LogP contribution >= 0.6 is 22.9 Å². The average Bonchev–Trinajstić information content (AvgIpc) is 2.74. The predicted molar refractivity (Wildman–Crippen MR) is 58.7 cm³/mol. The summed E-state index contributed by atoms with van der Waals surface area (Å²) in [5.74, 6) is 0.761. The third-order valence-electron chi connectivity index (χ3n) is 2.56. The molecule has 72 valence electrons. The molecule has 0 amide bonds. The first-order valence-corrected chi connectivity index (χ1v) is 6.09. The highest BCUT2D eigenvalue weighted by Gasteiger charge is 2.40. The Labute approximate surface area is 88.1 Å². The van der Waals surface area contributed by atoms with E-state index in [1.54, 1.807) is 0 Å². The van der Waals surface area contributed by atoms with Gasteiger partial charge in [0.25, 0.3) is 0 Å². The Balaban J connectivity index is 1.70. The minimum Gasteiger partial charge on any atom is -0.310 e. The molecule has 1 aromatic rings. The number of nitrogens with one attached hydrogen (secondary N) is 1. The van der Waals surface area contributed by atoms with Crippen LogP contribution in [0.15, 0.2) is 17.5 Å². The van der Waals surface area contributed by atoms with Gasteiger partial charge in [0.15, 0.2) is 0 Å². The van der Waals surface area contributed by atoms with Crippen molar-refractivity contribution in [3.8, 4) is 0 Å². The Hall–Kier alpha value is -0.0500. The lowest BCUT2D eigenvalue weighted by atomic mass is 10.3. The molecule has 1 aromatic heterocycles. The van der Waals surface area contributed by atoms with Crippen LogP contribution in [0.3, 0.4) is 0 Å². The van der Waals surface area contributed by atoms with Crippen LogP contribution in [0.5, 0.6) is 0 Å². The molecule has 1 aliphatic rings. The summed E-state index contributed by atoms with van der Waals surface area (Å²) in [4.78, 5) is 1.46. The Morgan fingerprint density at radius 1 is 1.54 bits per heavy atom. The van der Waals surface area contributed by atoms with Crippen LogP contribution in [0.25, 0.3) is 0 Å². The van der Waals surface area contributed by atoms with E-state index in [0.29, 0.717) is 5.54 Å².